The molecule has 0 aromatic rings. The first-order valence-corrected chi connectivity index (χ1v) is 1.34. The molecule has 73 valence electrons. The van der Waals surface area contributed by atoms with Crippen LogP contribution < -0.4 is 29.6 Å². The zero-order valence-corrected chi connectivity index (χ0v) is 11.5. The minimum atomic E-state index is 0. The molecule has 0 atom stereocenters. The van der Waals surface area contributed by atoms with Gasteiger partial charge < -0.3 is 72.4 Å². The van der Waals surface area contributed by atoms with Crippen LogP contribution in [0.15, 0.2) is 0 Å². The average Bonchev–Trinajstić information content (AvgIpc) is 2.33. The van der Waals surface area contributed by atoms with Crippen LogP contribution >= 0.6 is 0 Å². The van der Waals surface area contributed by atoms with Crippen LogP contribution in [0.25, 0.3) is 0 Å². The predicted molar refractivity (Wildman–Crippen MR) is 30.9 cm³/mol. The van der Waals surface area contributed by atoms with E-state index in [-0.39, 0.29) is 64.8 Å². The summed E-state index contributed by atoms with van der Waals surface area (Å²) >= 11 is 0. The van der Waals surface area contributed by atoms with Gasteiger partial charge in [-0.25, -0.2) is 0 Å². The quantitative estimate of drug-likeness (QED) is 0.363. The number of nitrogens with zero attached hydrogens (tertiary/aromatic N) is 6. The second kappa shape index (κ2) is 1740. The Labute approximate surface area is 135 Å². The second-order valence-electron chi connectivity index (χ2n) is 0. The van der Waals surface area contributed by atoms with Gasteiger partial charge in [0.15, 0.2) is 0 Å². The molecule has 0 N–H and O–H groups in total. The molecule has 0 aliphatic carbocycles. The van der Waals surface area contributed by atoms with Crippen molar-refractivity contribution in [3.8, 4) is 0 Å². The van der Waals surface area contributed by atoms with E-state index in [0.717, 1.165) is 0 Å². The van der Waals surface area contributed by atoms with Crippen LogP contribution in [-0.4, -0.2) is 0 Å². The summed E-state index contributed by atoms with van der Waals surface area (Å²) in [6.07, 6.45) is 0. The Balaban J connectivity index is -0.00000000321. The Kier molecular flexibility index (Phi) is 11000. The molecule has 6 nitrogen and oxygen atoms in total. The molecular formula is C6HCoFeN6Na. The van der Waals surface area contributed by atoms with E-state index in [2.05, 4.69) is 0 Å². The summed E-state index contributed by atoms with van der Waals surface area (Å²) in [6.45, 7) is 28.5. The zero-order chi connectivity index (χ0) is 12.0. The fraction of sp³-hybridized carbons (Fsp3) is 0. The molecule has 0 unspecified atom stereocenters. The summed E-state index contributed by atoms with van der Waals surface area (Å²) in [5.41, 5.74) is 0. The van der Waals surface area contributed by atoms with Gasteiger partial charge in [0, 0.05) is 16.8 Å². The average molecular weight is 295 g/mol. The van der Waals surface area contributed by atoms with Gasteiger partial charge >= 0.3 is 46.6 Å². The molecule has 0 amide bonds. The molecule has 0 bridgehead atoms. The van der Waals surface area contributed by atoms with Crippen molar-refractivity contribution >= 4 is 0 Å². The van der Waals surface area contributed by atoms with E-state index in [9.17, 15) is 0 Å². The van der Waals surface area contributed by atoms with E-state index in [0.29, 0.717) is 0 Å². The largest absolute Gasteiger partial charge is 6.00 e. The van der Waals surface area contributed by atoms with Gasteiger partial charge in [0.1, 0.15) is 0 Å². The van der Waals surface area contributed by atoms with Crippen molar-refractivity contribution in [3.63, 3.8) is 0 Å². The molecule has 0 aromatic carbocycles. The molecule has 1 radical (unpaired) electrons. The van der Waals surface area contributed by atoms with Crippen LogP contribution in [0.5, 0.6) is 0 Å². The fourth-order valence-corrected chi connectivity index (χ4v) is 0. The molecule has 0 rings (SSSR count). The van der Waals surface area contributed by atoms with E-state index in [1.807, 2.05) is 0 Å². The van der Waals surface area contributed by atoms with Gasteiger partial charge in [0.25, 0.3) is 0 Å². The number of hydrogen-bond acceptors (Lipinski definition) is 6. The summed E-state index contributed by atoms with van der Waals surface area (Å²) in [5.74, 6) is 0. The van der Waals surface area contributed by atoms with Crippen LogP contribution in [0.1, 0.15) is 1.43 Å². The summed E-state index contributed by atoms with van der Waals surface area (Å²) < 4.78 is 0. The maximum Gasteiger partial charge on any atom is 6.00 e. The number of rotatable bonds is 0. The summed E-state index contributed by atoms with van der Waals surface area (Å²) in [6, 6.07) is 0. The van der Waals surface area contributed by atoms with Crippen molar-refractivity contribution in [1.82, 2.24) is 0 Å². The van der Waals surface area contributed by atoms with E-state index >= 15 is 0 Å². The minimum Gasteiger partial charge on any atom is -1.00 e. The molecule has 0 heterocycles. The van der Waals surface area contributed by atoms with Gasteiger partial charge in [-0.15, -0.1) is 0 Å². The first-order valence-electron chi connectivity index (χ1n) is 1.34. The van der Waals surface area contributed by atoms with Crippen molar-refractivity contribution in [2.24, 2.45) is 0 Å². The Hall–Kier alpha value is -1.03. The van der Waals surface area contributed by atoms with E-state index in [1.165, 1.54) is 0 Å². The number of hydrogen-bond donors (Lipinski definition) is 0. The Bertz CT molecular complexity index is 108. The zero-order valence-electron chi connectivity index (χ0n) is 8.37. The van der Waals surface area contributed by atoms with Crippen LogP contribution in [0.3, 0.4) is 0 Å². The molecular weight excluding hydrogens is 294 g/mol. The Morgan fingerprint density at radius 1 is 0.467 bits per heavy atom. The third-order valence-corrected chi connectivity index (χ3v) is 0. The molecule has 0 spiro atoms. The van der Waals surface area contributed by atoms with Gasteiger partial charge in [-0.2, -0.15) is 0 Å². The molecule has 9 heteroatoms. The second-order valence-corrected chi connectivity index (χ2v) is 0. The van der Waals surface area contributed by atoms with Crippen molar-refractivity contribution < 1.29 is 64.8 Å². The normalized spacial score (nSPS) is 0.800. The smallest absolute Gasteiger partial charge is 1.00 e. The fourth-order valence-electron chi connectivity index (χ4n) is 0. The van der Waals surface area contributed by atoms with Crippen LogP contribution in [0.4, 0.5) is 0 Å². The predicted octanol–water partition coefficient (Wildman–Crippen LogP) is -2.31. The van der Waals surface area contributed by atoms with E-state index in [1.54, 1.807) is 0 Å². The standard InChI is InChI=1S/6CN.Co.Fe.Na.H/c6*1-2;;;;/q6*-1;;+6;+1;-1. The first kappa shape index (κ1) is 95.2. The van der Waals surface area contributed by atoms with Crippen molar-refractivity contribution in [1.29, 1.82) is 31.6 Å². The minimum absolute atomic E-state index is 0. The van der Waals surface area contributed by atoms with Crippen molar-refractivity contribution in [3.05, 3.63) is 39.4 Å². The van der Waals surface area contributed by atoms with Crippen LogP contribution in [-0.2, 0) is 33.8 Å². The van der Waals surface area contributed by atoms with Gasteiger partial charge in [-0.05, 0) is 0 Å². The van der Waals surface area contributed by atoms with Crippen molar-refractivity contribution in [2.45, 2.75) is 0 Å². The molecule has 0 aromatic heterocycles. The summed E-state index contributed by atoms with van der Waals surface area (Å²) in [7, 11) is 0. The molecule has 0 saturated carbocycles. The summed E-state index contributed by atoms with van der Waals surface area (Å²) in [4.78, 5) is 0. The molecule has 0 fully saturated rings. The van der Waals surface area contributed by atoms with Gasteiger partial charge in [0.05, 0.1) is 0 Å². The maximum atomic E-state index is 6.25. The van der Waals surface area contributed by atoms with Crippen LogP contribution in [0.2, 0.25) is 0 Å². The third kappa shape index (κ3) is 1460. The Morgan fingerprint density at radius 3 is 0.467 bits per heavy atom. The topological polar surface area (TPSA) is 143 Å². The third-order valence-electron chi connectivity index (χ3n) is 0. The van der Waals surface area contributed by atoms with E-state index in [4.69, 9.17) is 71.0 Å². The maximum absolute atomic E-state index is 6.25. The molecule has 15 heavy (non-hydrogen) atoms. The molecule has 0 aliphatic rings. The SMILES string of the molecule is [C-]#N.[C-]#N.[C-]#N.[C-]#N.[C-]#N.[C-]#N.[Co].[Fe+6].[H-].[Na+]. The van der Waals surface area contributed by atoms with Crippen LogP contribution in [0, 0.1) is 71.0 Å². The van der Waals surface area contributed by atoms with E-state index < -0.39 is 0 Å². The summed E-state index contributed by atoms with van der Waals surface area (Å²) in [5, 5.41) is 37.5. The first-order chi connectivity index (χ1) is 6.00. The van der Waals surface area contributed by atoms with Gasteiger partial charge in [-0.3, -0.25) is 0 Å². The molecule has 0 aliphatic heterocycles. The molecule has 0 saturated heterocycles. The Morgan fingerprint density at radius 2 is 0.467 bits per heavy atom. The monoisotopic (exact) mass is 295 g/mol. The van der Waals surface area contributed by atoms with Crippen molar-refractivity contribution in [2.75, 3.05) is 0 Å². The van der Waals surface area contributed by atoms with Gasteiger partial charge in [-0.1, -0.05) is 0 Å². The van der Waals surface area contributed by atoms with Gasteiger partial charge in [0.2, 0.25) is 0 Å².